The molecule has 0 aliphatic heterocycles. The molecule has 0 unspecified atom stereocenters. The number of ether oxygens (including phenoxy) is 1. The van der Waals surface area contributed by atoms with Crippen molar-refractivity contribution in [3.8, 4) is 22.9 Å². The summed E-state index contributed by atoms with van der Waals surface area (Å²) in [7, 11) is 1.48. The van der Waals surface area contributed by atoms with Crippen LogP contribution in [0.25, 0.3) is 11.1 Å². The summed E-state index contributed by atoms with van der Waals surface area (Å²) in [6.45, 7) is 1.94. The van der Waals surface area contributed by atoms with Gasteiger partial charge in [-0.2, -0.15) is 5.26 Å². The molecular formula is C16H14N2O2. The number of hydrogen-bond donors (Lipinski definition) is 1. The molecule has 2 N–H and O–H groups in total. The molecule has 0 saturated heterocycles. The summed E-state index contributed by atoms with van der Waals surface area (Å²) < 4.78 is 5.32. The third kappa shape index (κ3) is 2.34. The number of nitrogens with zero attached hydrogens (tertiary/aromatic N) is 1. The second-order valence-corrected chi connectivity index (χ2v) is 4.41. The van der Waals surface area contributed by atoms with Gasteiger partial charge >= 0.3 is 0 Å². The van der Waals surface area contributed by atoms with Crippen LogP contribution < -0.4 is 10.5 Å². The fourth-order valence-corrected chi connectivity index (χ4v) is 2.14. The fourth-order valence-electron chi connectivity index (χ4n) is 2.14. The number of nitrogens with two attached hydrogens (primary N) is 1. The lowest BCUT2D eigenvalue weighted by Gasteiger charge is -2.13. The maximum atomic E-state index is 11.5. The predicted molar refractivity (Wildman–Crippen MR) is 76.4 cm³/mol. The number of rotatable bonds is 3. The van der Waals surface area contributed by atoms with Crippen LogP contribution in [-0.4, -0.2) is 13.0 Å². The van der Waals surface area contributed by atoms with E-state index in [2.05, 4.69) is 6.07 Å². The molecule has 0 spiro atoms. The molecule has 2 aromatic rings. The Morgan fingerprint density at radius 3 is 2.60 bits per heavy atom. The van der Waals surface area contributed by atoms with Crippen molar-refractivity contribution in [2.24, 2.45) is 5.73 Å². The lowest BCUT2D eigenvalue weighted by Crippen LogP contribution is -2.12. The molecule has 0 bridgehead atoms. The first-order chi connectivity index (χ1) is 9.58. The molecule has 4 nitrogen and oxygen atoms in total. The summed E-state index contributed by atoms with van der Waals surface area (Å²) in [6.07, 6.45) is 0. The van der Waals surface area contributed by atoms with E-state index in [-0.39, 0.29) is 0 Å². The Bertz CT molecular complexity index is 715. The first-order valence-corrected chi connectivity index (χ1v) is 6.06. The van der Waals surface area contributed by atoms with Crippen LogP contribution >= 0.6 is 0 Å². The zero-order valence-electron chi connectivity index (χ0n) is 11.3. The van der Waals surface area contributed by atoms with Crippen molar-refractivity contribution in [3.05, 3.63) is 53.1 Å². The van der Waals surface area contributed by atoms with Crippen molar-refractivity contribution >= 4 is 5.91 Å². The van der Waals surface area contributed by atoms with E-state index in [9.17, 15) is 10.1 Å². The Morgan fingerprint density at radius 2 is 2.00 bits per heavy atom. The molecule has 0 aliphatic carbocycles. The highest BCUT2D eigenvalue weighted by molar-refractivity contribution is 5.98. The largest absolute Gasteiger partial charge is 0.495 e. The van der Waals surface area contributed by atoms with Crippen molar-refractivity contribution in [3.63, 3.8) is 0 Å². The second-order valence-electron chi connectivity index (χ2n) is 4.41. The lowest BCUT2D eigenvalue weighted by molar-refractivity contribution is 0.0997. The number of hydrogen-bond acceptors (Lipinski definition) is 3. The van der Waals surface area contributed by atoms with E-state index in [1.165, 1.54) is 7.11 Å². The van der Waals surface area contributed by atoms with Gasteiger partial charge in [0.2, 0.25) is 0 Å². The van der Waals surface area contributed by atoms with Gasteiger partial charge in [-0.3, -0.25) is 4.79 Å². The van der Waals surface area contributed by atoms with Gasteiger partial charge in [0.15, 0.2) is 0 Å². The van der Waals surface area contributed by atoms with Gasteiger partial charge in [-0.05, 0) is 25.1 Å². The van der Waals surface area contributed by atoms with Crippen molar-refractivity contribution in [2.45, 2.75) is 6.92 Å². The SMILES string of the molecule is COc1c(C(N)=O)cccc1-c1cc(C)ccc1C#N. The van der Waals surface area contributed by atoms with E-state index >= 15 is 0 Å². The van der Waals surface area contributed by atoms with Gasteiger partial charge in [-0.25, -0.2) is 0 Å². The highest BCUT2D eigenvalue weighted by Gasteiger charge is 2.16. The minimum Gasteiger partial charge on any atom is -0.495 e. The molecule has 20 heavy (non-hydrogen) atoms. The summed E-state index contributed by atoms with van der Waals surface area (Å²) in [4.78, 5) is 11.5. The topological polar surface area (TPSA) is 76.1 Å². The monoisotopic (exact) mass is 266 g/mol. The molecule has 2 rings (SSSR count). The number of benzene rings is 2. The number of aryl methyl sites for hydroxylation is 1. The molecule has 0 aliphatic rings. The fraction of sp³-hybridized carbons (Fsp3) is 0.125. The molecule has 0 atom stereocenters. The van der Waals surface area contributed by atoms with Gasteiger partial charge in [0.25, 0.3) is 5.91 Å². The highest BCUT2D eigenvalue weighted by atomic mass is 16.5. The van der Waals surface area contributed by atoms with E-state index in [0.717, 1.165) is 11.1 Å². The van der Waals surface area contributed by atoms with E-state index < -0.39 is 5.91 Å². The van der Waals surface area contributed by atoms with Crippen molar-refractivity contribution < 1.29 is 9.53 Å². The van der Waals surface area contributed by atoms with Crippen LogP contribution in [-0.2, 0) is 0 Å². The van der Waals surface area contributed by atoms with E-state index in [1.807, 2.05) is 19.1 Å². The number of nitriles is 1. The normalized spacial score (nSPS) is 9.85. The number of amides is 1. The van der Waals surface area contributed by atoms with Crippen LogP contribution in [0.15, 0.2) is 36.4 Å². The first-order valence-electron chi connectivity index (χ1n) is 6.06. The first kappa shape index (κ1) is 13.6. The van der Waals surface area contributed by atoms with Crippen LogP contribution in [0, 0.1) is 18.3 Å². The van der Waals surface area contributed by atoms with Crippen LogP contribution in [0.4, 0.5) is 0 Å². The Labute approximate surface area is 117 Å². The summed E-state index contributed by atoms with van der Waals surface area (Å²) >= 11 is 0. The Balaban J connectivity index is 2.77. The molecule has 4 heteroatoms. The highest BCUT2D eigenvalue weighted by Crippen LogP contribution is 2.35. The molecule has 0 radical (unpaired) electrons. The molecule has 0 aromatic heterocycles. The van der Waals surface area contributed by atoms with E-state index in [0.29, 0.717) is 22.4 Å². The molecule has 0 fully saturated rings. The number of carbonyl (C=O) groups is 1. The van der Waals surface area contributed by atoms with Crippen LogP contribution in [0.1, 0.15) is 21.5 Å². The van der Waals surface area contributed by atoms with Crippen LogP contribution in [0.2, 0.25) is 0 Å². The molecule has 100 valence electrons. The van der Waals surface area contributed by atoms with Gasteiger partial charge < -0.3 is 10.5 Å². The number of carbonyl (C=O) groups excluding carboxylic acids is 1. The summed E-state index contributed by atoms with van der Waals surface area (Å²) in [5.41, 5.74) is 8.61. The summed E-state index contributed by atoms with van der Waals surface area (Å²) in [6, 6.07) is 12.8. The molecule has 2 aromatic carbocycles. The zero-order chi connectivity index (χ0) is 14.7. The standard InChI is InChI=1S/C16H14N2O2/c1-10-6-7-11(9-17)14(8-10)12-4-3-5-13(16(18)19)15(12)20-2/h3-8H,1-2H3,(H2,18,19). The second kappa shape index (κ2) is 5.45. The van der Waals surface area contributed by atoms with Gasteiger partial charge in [-0.1, -0.05) is 23.8 Å². The maximum absolute atomic E-state index is 11.5. The third-order valence-electron chi connectivity index (χ3n) is 3.07. The minimum absolute atomic E-state index is 0.301. The van der Waals surface area contributed by atoms with Gasteiger partial charge in [0.1, 0.15) is 5.75 Å². The predicted octanol–water partition coefficient (Wildman–Crippen LogP) is 2.64. The maximum Gasteiger partial charge on any atom is 0.252 e. The van der Waals surface area contributed by atoms with Gasteiger partial charge in [-0.15, -0.1) is 0 Å². The number of methoxy groups -OCH3 is 1. The quantitative estimate of drug-likeness (QED) is 0.927. The average molecular weight is 266 g/mol. The molecule has 0 saturated carbocycles. The van der Waals surface area contributed by atoms with Gasteiger partial charge in [0, 0.05) is 11.1 Å². The number of para-hydroxylation sites is 1. The Kier molecular flexibility index (Phi) is 3.72. The van der Waals surface area contributed by atoms with Crippen LogP contribution in [0.5, 0.6) is 5.75 Å². The zero-order valence-corrected chi connectivity index (χ0v) is 11.3. The van der Waals surface area contributed by atoms with E-state index in [4.69, 9.17) is 10.5 Å². The van der Waals surface area contributed by atoms with Crippen LogP contribution in [0.3, 0.4) is 0 Å². The van der Waals surface area contributed by atoms with Crippen molar-refractivity contribution in [2.75, 3.05) is 7.11 Å². The summed E-state index contributed by atoms with van der Waals surface area (Å²) in [5.74, 6) is -0.169. The van der Waals surface area contributed by atoms with E-state index in [1.54, 1.807) is 24.3 Å². The van der Waals surface area contributed by atoms with Crippen molar-refractivity contribution in [1.82, 2.24) is 0 Å². The molecular weight excluding hydrogens is 252 g/mol. The molecule has 1 amide bonds. The van der Waals surface area contributed by atoms with Gasteiger partial charge in [0.05, 0.1) is 24.3 Å². The lowest BCUT2D eigenvalue weighted by atomic mass is 9.95. The molecule has 0 heterocycles. The Hall–Kier alpha value is -2.80. The number of primary amides is 1. The van der Waals surface area contributed by atoms with Crippen molar-refractivity contribution in [1.29, 1.82) is 5.26 Å². The smallest absolute Gasteiger partial charge is 0.252 e. The minimum atomic E-state index is -0.560. The Morgan fingerprint density at radius 1 is 1.25 bits per heavy atom. The summed E-state index contributed by atoms with van der Waals surface area (Å²) in [5, 5.41) is 9.23. The average Bonchev–Trinajstić information content (AvgIpc) is 2.46. The third-order valence-corrected chi connectivity index (χ3v) is 3.07.